The number of aromatic nitrogens is 6. The van der Waals surface area contributed by atoms with Crippen LogP contribution < -0.4 is 20.5 Å². The summed E-state index contributed by atoms with van der Waals surface area (Å²) >= 11 is 0. The fourth-order valence-corrected chi connectivity index (χ4v) is 3.98. The van der Waals surface area contributed by atoms with Gasteiger partial charge in [0.1, 0.15) is 5.75 Å². The van der Waals surface area contributed by atoms with Crippen LogP contribution in [0.15, 0.2) is 35.3 Å². The van der Waals surface area contributed by atoms with Crippen molar-refractivity contribution in [3.63, 3.8) is 0 Å². The molecule has 10 heteroatoms. The second-order valence-electron chi connectivity index (χ2n) is 7.98. The van der Waals surface area contributed by atoms with Crippen LogP contribution in [-0.4, -0.2) is 50.1 Å². The van der Waals surface area contributed by atoms with Gasteiger partial charge in [0.05, 0.1) is 29.7 Å². The van der Waals surface area contributed by atoms with Crippen LogP contribution in [0.25, 0.3) is 22.2 Å². The summed E-state index contributed by atoms with van der Waals surface area (Å²) in [5.74, 6) is 2.03. The number of benzene rings is 1. The highest BCUT2D eigenvalue weighted by Crippen LogP contribution is 2.25. The quantitative estimate of drug-likeness (QED) is 0.478. The molecule has 1 saturated heterocycles. The maximum Gasteiger partial charge on any atom is 0.252 e. The number of nitrogens with zero attached hydrogens (tertiary/aromatic N) is 6. The fraction of sp³-hybridized carbons (Fsp3) is 0.304. The zero-order chi connectivity index (χ0) is 22.9. The van der Waals surface area contributed by atoms with Crippen molar-refractivity contribution < 1.29 is 4.74 Å². The molecule has 3 aromatic heterocycles. The van der Waals surface area contributed by atoms with Gasteiger partial charge in [-0.05, 0) is 44.9 Å². The van der Waals surface area contributed by atoms with E-state index in [2.05, 4.69) is 40.1 Å². The smallest absolute Gasteiger partial charge is 0.252 e. The largest absolute Gasteiger partial charge is 0.497 e. The molecule has 0 saturated carbocycles. The third-order valence-corrected chi connectivity index (χ3v) is 5.70. The fourth-order valence-electron chi connectivity index (χ4n) is 3.98. The molecule has 1 aliphatic rings. The molecule has 2 N–H and O–H groups in total. The maximum absolute atomic E-state index is 12.4. The number of aryl methyl sites for hydroxylation is 2. The predicted molar refractivity (Wildman–Crippen MR) is 126 cm³/mol. The van der Waals surface area contributed by atoms with E-state index in [1.807, 2.05) is 32.0 Å². The Morgan fingerprint density at radius 3 is 2.61 bits per heavy atom. The number of ether oxygens (including phenoxy) is 1. The Hall–Kier alpha value is -4.08. The molecule has 0 atom stereocenters. The molecule has 33 heavy (non-hydrogen) atoms. The van der Waals surface area contributed by atoms with Gasteiger partial charge in [-0.15, -0.1) is 0 Å². The Morgan fingerprint density at radius 1 is 1.03 bits per heavy atom. The molecule has 5 rings (SSSR count). The second-order valence-corrected chi connectivity index (χ2v) is 7.98. The Bertz CT molecular complexity index is 1400. The summed E-state index contributed by atoms with van der Waals surface area (Å²) in [7, 11) is 1.62. The van der Waals surface area contributed by atoms with E-state index < -0.39 is 0 Å². The van der Waals surface area contributed by atoms with Crippen molar-refractivity contribution >= 4 is 28.7 Å². The zero-order valence-electron chi connectivity index (χ0n) is 18.7. The lowest BCUT2D eigenvalue weighted by atomic mass is 10.2. The van der Waals surface area contributed by atoms with E-state index in [-0.39, 0.29) is 11.5 Å². The molecule has 0 amide bonds. The van der Waals surface area contributed by atoms with Crippen LogP contribution in [0.5, 0.6) is 5.75 Å². The Kier molecular flexibility index (Phi) is 5.33. The van der Waals surface area contributed by atoms with Gasteiger partial charge in [0.15, 0.2) is 0 Å². The lowest BCUT2D eigenvalue weighted by Crippen LogP contribution is -2.21. The van der Waals surface area contributed by atoms with Gasteiger partial charge in [-0.2, -0.15) is 0 Å². The van der Waals surface area contributed by atoms with Gasteiger partial charge in [-0.25, -0.2) is 24.9 Å². The van der Waals surface area contributed by atoms with E-state index in [4.69, 9.17) is 4.74 Å². The molecule has 0 radical (unpaired) electrons. The first-order chi connectivity index (χ1) is 16.0. The summed E-state index contributed by atoms with van der Waals surface area (Å²) in [4.78, 5) is 40.0. The highest BCUT2D eigenvalue weighted by molar-refractivity contribution is 5.83. The minimum absolute atomic E-state index is 0.243. The number of nitrogens with one attached hydrogen (secondary N) is 2. The Balaban J connectivity index is 1.46. The standard InChI is InChI=1S/C23H24N8O2/c1-13-16-10-15(33-3)6-7-18(16)27-21(25-13)30-22-28-19(11-20(32)29-22)17-12-24-23(26-14(17)2)31-8-4-5-9-31/h6-7,10-12H,4-5,8-9H2,1-3H3,(H2,25,27,28,29,30,32). The average Bonchev–Trinajstić information content (AvgIpc) is 3.33. The van der Waals surface area contributed by atoms with E-state index in [0.29, 0.717) is 23.2 Å². The van der Waals surface area contributed by atoms with Crippen LogP contribution in [0.4, 0.5) is 17.8 Å². The van der Waals surface area contributed by atoms with Crippen molar-refractivity contribution in [2.75, 3.05) is 30.4 Å². The molecule has 0 unspecified atom stereocenters. The molecule has 0 spiro atoms. The number of H-pyrrole nitrogens is 1. The van der Waals surface area contributed by atoms with Gasteiger partial charge in [0.2, 0.25) is 17.8 Å². The third kappa shape index (κ3) is 4.19. The average molecular weight is 444 g/mol. The summed E-state index contributed by atoms with van der Waals surface area (Å²) in [5.41, 5.74) is 3.19. The van der Waals surface area contributed by atoms with E-state index in [0.717, 1.165) is 54.0 Å². The minimum atomic E-state index is -0.298. The topological polar surface area (TPSA) is 122 Å². The van der Waals surface area contributed by atoms with Gasteiger partial charge in [-0.1, -0.05) is 0 Å². The first-order valence-corrected chi connectivity index (χ1v) is 10.8. The van der Waals surface area contributed by atoms with Gasteiger partial charge in [-0.3, -0.25) is 15.1 Å². The van der Waals surface area contributed by atoms with Crippen molar-refractivity contribution in [3.8, 4) is 17.0 Å². The van der Waals surface area contributed by atoms with Crippen LogP contribution in [0.1, 0.15) is 24.2 Å². The predicted octanol–water partition coefficient (Wildman–Crippen LogP) is 3.14. The number of methoxy groups -OCH3 is 1. The number of hydrogen-bond acceptors (Lipinski definition) is 9. The van der Waals surface area contributed by atoms with Gasteiger partial charge >= 0.3 is 0 Å². The van der Waals surface area contributed by atoms with Crippen molar-refractivity contribution in [2.45, 2.75) is 26.7 Å². The molecular formula is C23H24N8O2. The molecule has 10 nitrogen and oxygen atoms in total. The summed E-state index contributed by atoms with van der Waals surface area (Å²) in [5, 5.41) is 3.91. The minimum Gasteiger partial charge on any atom is -0.497 e. The van der Waals surface area contributed by atoms with E-state index in [9.17, 15) is 4.79 Å². The number of fused-ring (bicyclic) bond motifs is 1. The number of rotatable bonds is 5. The molecule has 4 heterocycles. The van der Waals surface area contributed by atoms with Gasteiger partial charge in [0, 0.05) is 36.3 Å². The zero-order valence-corrected chi connectivity index (χ0v) is 18.7. The van der Waals surface area contributed by atoms with E-state index in [1.54, 1.807) is 13.3 Å². The Labute approximate surface area is 190 Å². The SMILES string of the molecule is COc1ccc2nc(Nc3nc(-c4cnc(N5CCCC5)nc4C)cc(=O)[nH]3)nc(C)c2c1. The van der Waals surface area contributed by atoms with Crippen molar-refractivity contribution in [2.24, 2.45) is 0 Å². The van der Waals surface area contributed by atoms with Gasteiger partial charge < -0.3 is 9.64 Å². The summed E-state index contributed by atoms with van der Waals surface area (Å²) in [6, 6.07) is 7.03. The van der Waals surface area contributed by atoms with Crippen LogP contribution in [0.2, 0.25) is 0 Å². The van der Waals surface area contributed by atoms with Crippen molar-refractivity contribution in [3.05, 3.63) is 52.2 Å². The molecule has 0 aliphatic carbocycles. The third-order valence-electron chi connectivity index (χ3n) is 5.70. The van der Waals surface area contributed by atoms with E-state index >= 15 is 0 Å². The van der Waals surface area contributed by atoms with Crippen LogP contribution in [0, 0.1) is 13.8 Å². The molecular weight excluding hydrogens is 420 g/mol. The van der Waals surface area contributed by atoms with Crippen LogP contribution in [-0.2, 0) is 0 Å². The molecule has 1 aliphatic heterocycles. The molecule has 168 valence electrons. The molecule has 1 aromatic carbocycles. The second kappa shape index (κ2) is 8.45. The summed E-state index contributed by atoms with van der Waals surface area (Å²) in [6.45, 7) is 5.72. The molecule has 4 aromatic rings. The highest BCUT2D eigenvalue weighted by atomic mass is 16.5. The highest BCUT2D eigenvalue weighted by Gasteiger charge is 2.17. The van der Waals surface area contributed by atoms with E-state index in [1.165, 1.54) is 6.07 Å². The molecule has 0 bridgehead atoms. The maximum atomic E-state index is 12.4. The summed E-state index contributed by atoms with van der Waals surface area (Å²) in [6.07, 6.45) is 4.03. The molecule has 1 fully saturated rings. The number of anilines is 3. The first kappa shape index (κ1) is 20.8. The lowest BCUT2D eigenvalue weighted by molar-refractivity contribution is 0.415. The summed E-state index contributed by atoms with van der Waals surface area (Å²) < 4.78 is 5.28. The number of aromatic amines is 1. The van der Waals surface area contributed by atoms with Crippen LogP contribution >= 0.6 is 0 Å². The van der Waals surface area contributed by atoms with Gasteiger partial charge in [0.25, 0.3) is 5.56 Å². The first-order valence-electron chi connectivity index (χ1n) is 10.8. The van der Waals surface area contributed by atoms with Crippen LogP contribution in [0.3, 0.4) is 0 Å². The Morgan fingerprint density at radius 2 is 1.85 bits per heavy atom. The normalized spacial score (nSPS) is 13.5. The number of hydrogen-bond donors (Lipinski definition) is 2. The van der Waals surface area contributed by atoms with Crippen molar-refractivity contribution in [1.82, 2.24) is 29.9 Å². The van der Waals surface area contributed by atoms with Crippen molar-refractivity contribution in [1.29, 1.82) is 0 Å². The lowest BCUT2D eigenvalue weighted by Gasteiger charge is -2.16. The monoisotopic (exact) mass is 444 g/mol.